The molecule has 5 nitrogen and oxygen atoms in total. The molecule has 1 aliphatic heterocycles. The molecule has 1 aliphatic rings. The smallest absolute Gasteiger partial charge is 0.245 e. The number of hydrogen-bond donors (Lipinski definition) is 1. The highest BCUT2D eigenvalue weighted by Crippen LogP contribution is 2.20. The Balaban J connectivity index is 1.86. The van der Waals surface area contributed by atoms with Crippen LogP contribution < -0.4 is 5.32 Å². The second kappa shape index (κ2) is 7.40. The van der Waals surface area contributed by atoms with E-state index in [4.69, 9.17) is 11.6 Å². The third kappa shape index (κ3) is 4.07. The van der Waals surface area contributed by atoms with E-state index in [0.29, 0.717) is 31.0 Å². The van der Waals surface area contributed by atoms with E-state index in [1.54, 1.807) is 23.2 Å². The number of pyridine rings is 1. The summed E-state index contributed by atoms with van der Waals surface area (Å²) in [5.74, 6) is -0.129. The molecule has 1 aromatic heterocycles. The number of carbonyl (C=O) groups is 2. The zero-order valence-corrected chi connectivity index (χ0v) is 13.3. The highest BCUT2D eigenvalue weighted by molar-refractivity contribution is 6.30. The molecule has 0 saturated carbocycles. The van der Waals surface area contributed by atoms with Gasteiger partial charge in [0.2, 0.25) is 11.8 Å². The van der Waals surface area contributed by atoms with Gasteiger partial charge in [-0.25, -0.2) is 0 Å². The summed E-state index contributed by atoms with van der Waals surface area (Å²) in [7, 11) is 0. The average molecular weight is 322 g/mol. The summed E-state index contributed by atoms with van der Waals surface area (Å²) in [6, 6.07) is 3.39. The summed E-state index contributed by atoms with van der Waals surface area (Å²) in [6.07, 6.45) is 4.23. The number of rotatable bonds is 4. The second-order valence-electron chi connectivity index (χ2n) is 5.44. The van der Waals surface area contributed by atoms with Crippen molar-refractivity contribution in [2.45, 2.75) is 25.8 Å². The maximum Gasteiger partial charge on any atom is 0.245 e. The Bertz CT molecular complexity index is 551. The van der Waals surface area contributed by atoms with Crippen molar-refractivity contribution in [2.24, 2.45) is 5.92 Å². The molecule has 22 heavy (non-hydrogen) atoms. The zero-order valence-electron chi connectivity index (χ0n) is 12.6. The predicted molar refractivity (Wildman–Crippen MR) is 85.3 cm³/mol. The van der Waals surface area contributed by atoms with Gasteiger partial charge in [-0.3, -0.25) is 14.6 Å². The topological polar surface area (TPSA) is 62.3 Å². The molecule has 0 radical (unpaired) electrons. The maximum absolute atomic E-state index is 12.3. The number of carbonyl (C=O) groups excluding carboxylic acids is 2. The Morgan fingerprint density at radius 1 is 1.45 bits per heavy atom. The molecule has 0 aliphatic carbocycles. The molecule has 1 saturated heterocycles. The molecule has 1 fully saturated rings. The first-order valence-electron chi connectivity index (χ1n) is 7.34. The third-order valence-electron chi connectivity index (χ3n) is 3.90. The fraction of sp³-hybridized carbons (Fsp3) is 0.438. The average Bonchev–Trinajstić information content (AvgIpc) is 2.54. The first-order valence-corrected chi connectivity index (χ1v) is 7.72. The summed E-state index contributed by atoms with van der Waals surface area (Å²) >= 11 is 5.81. The molecule has 2 heterocycles. The van der Waals surface area contributed by atoms with E-state index in [1.165, 1.54) is 6.08 Å². The van der Waals surface area contributed by atoms with Crippen molar-refractivity contribution in [1.82, 2.24) is 15.2 Å². The number of nitrogens with zero attached hydrogens (tertiary/aromatic N) is 2. The van der Waals surface area contributed by atoms with E-state index in [2.05, 4.69) is 16.9 Å². The summed E-state index contributed by atoms with van der Waals surface area (Å²) in [5.41, 5.74) is 0.775. The van der Waals surface area contributed by atoms with E-state index < -0.39 is 0 Å². The number of aromatic nitrogens is 1. The van der Waals surface area contributed by atoms with Gasteiger partial charge in [0.05, 0.1) is 16.8 Å². The molecule has 118 valence electrons. The van der Waals surface area contributed by atoms with Crippen molar-refractivity contribution in [2.75, 3.05) is 13.1 Å². The lowest BCUT2D eigenvalue weighted by Crippen LogP contribution is -2.43. The molecule has 0 bridgehead atoms. The molecule has 1 N–H and O–H groups in total. The number of nitrogens with one attached hydrogen (secondary N) is 1. The van der Waals surface area contributed by atoms with Gasteiger partial charge in [0.1, 0.15) is 0 Å². The van der Waals surface area contributed by atoms with Crippen molar-refractivity contribution in [1.29, 1.82) is 0 Å². The van der Waals surface area contributed by atoms with Crippen LogP contribution in [0.25, 0.3) is 0 Å². The lowest BCUT2D eigenvalue weighted by Gasteiger charge is -2.31. The number of halogens is 1. The first-order chi connectivity index (χ1) is 10.5. The number of piperidine rings is 1. The van der Waals surface area contributed by atoms with Gasteiger partial charge in [0.25, 0.3) is 0 Å². The lowest BCUT2D eigenvalue weighted by molar-refractivity contribution is -0.132. The Labute approximate surface area is 135 Å². The van der Waals surface area contributed by atoms with Gasteiger partial charge in [-0.05, 0) is 38.0 Å². The maximum atomic E-state index is 12.3. The van der Waals surface area contributed by atoms with Crippen molar-refractivity contribution in [3.8, 4) is 0 Å². The molecular formula is C16H20ClN3O2. The van der Waals surface area contributed by atoms with E-state index in [9.17, 15) is 9.59 Å². The highest BCUT2D eigenvalue weighted by atomic mass is 35.5. The van der Waals surface area contributed by atoms with Gasteiger partial charge >= 0.3 is 0 Å². The van der Waals surface area contributed by atoms with Crippen LogP contribution in [0.2, 0.25) is 5.02 Å². The number of amides is 2. The minimum absolute atomic E-state index is 0.00921. The SMILES string of the molecule is C=CC(=O)N1CCC(C(=O)N[C@H](C)c2ccc(Cl)cn2)CC1. The number of hydrogen-bond acceptors (Lipinski definition) is 3. The van der Waals surface area contributed by atoms with Crippen LogP contribution in [0.4, 0.5) is 0 Å². The van der Waals surface area contributed by atoms with Gasteiger partial charge < -0.3 is 10.2 Å². The van der Waals surface area contributed by atoms with Crippen LogP contribution >= 0.6 is 11.6 Å². The van der Waals surface area contributed by atoms with Crippen LogP contribution in [0.3, 0.4) is 0 Å². The first kappa shape index (κ1) is 16.5. The van der Waals surface area contributed by atoms with E-state index >= 15 is 0 Å². The molecule has 0 spiro atoms. The van der Waals surface area contributed by atoms with Crippen molar-refractivity contribution < 1.29 is 9.59 Å². The van der Waals surface area contributed by atoms with E-state index in [0.717, 1.165) is 5.69 Å². The zero-order chi connectivity index (χ0) is 16.1. The van der Waals surface area contributed by atoms with Crippen molar-refractivity contribution in [3.63, 3.8) is 0 Å². The molecule has 2 rings (SSSR count). The minimum atomic E-state index is -0.169. The summed E-state index contributed by atoms with van der Waals surface area (Å²) < 4.78 is 0. The fourth-order valence-electron chi connectivity index (χ4n) is 2.54. The molecule has 0 aromatic carbocycles. The molecule has 6 heteroatoms. The molecular weight excluding hydrogens is 302 g/mol. The van der Waals surface area contributed by atoms with Crippen LogP contribution in [0.1, 0.15) is 31.5 Å². The highest BCUT2D eigenvalue weighted by Gasteiger charge is 2.27. The van der Waals surface area contributed by atoms with Crippen LogP contribution in [0, 0.1) is 5.92 Å². The molecule has 1 atom stereocenters. The van der Waals surface area contributed by atoms with E-state index in [-0.39, 0.29) is 23.8 Å². The standard InChI is InChI=1S/C16H20ClN3O2/c1-3-15(21)20-8-6-12(7-9-20)16(22)19-11(2)14-5-4-13(17)10-18-14/h3-5,10-12H,1,6-9H2,2H3,(H,19,22)/t11-/m1/s1. The Morgan fingerprint density at radius 2 is 2.14 bits per heavy atom. The lowest BCUT2D eigenvalue weighted by atomic mass is 9.95. The Hall–Kier alpha value is -1.88. The Kier molecular flexibility index (Phi) is 5.55. The van der Waals surface area contributed by atoms with Crippen LogP contribution in [-0.4, -0.2) is 34.8 Å². The van der Waals surface area contributed by atoms with E-state index in [1.807, 2.05) is 6.92 Å². The monoisotopic (exact) mass is 321 g/mol. The second-order valence-corrected chi connectivity index (χ2v) is 5.87. The molecule has 0 unspecified atom stereocenters. The van der Waals surface area contributed by atoms with Gasteiger partial charge in [-0.1, -0.05) is 18.2 Å². The predicted octanol–water partition coefficient (Wildman–Crippen LogP) is 2.34. The van der Waals surface area contributed by atoms with Crippen molar-refractivity contribution in [3.05, 3.63) is 41.7 Å². The summed E-state index contributed by atoms with van der Waals surface area (Å²) in [5, 5.41) is 3.55. The van der Waals surface area contributed by atoms with Gasteiger partial charge in [-0.2, -0.15) is 0 Å². The molecule has 1 aromatic rings. The van der Waals surface area contributed by atoms with Gasteiger partial charge in [-0.15, -0.1) is 0 Å². The normalized spacial score (nSPS) is 16.9. The summed E-state index contributed by atoms with van der Waals surface area (Å²) in [4.78, 5) is 29.8. The Morgan fingerprint density at radius 3 is 2.68 bits per heavy atom. The summed E-state index contributed by atoms with van der Waals surface area (Å²) in [6.45, 7) is 6.56. The van der Waals surface area contributed by atoms with Crippen LogP contribution in [-0.2, 0) is 9.59 Å². The van der Waals surface area contributed by atoms with Crippen LogP contribution in [0.15, 0.2) is 31.0 Å². The van der Waals surface area contributed by atoms with Crippen LogP contribution in [0.5, 0.6) is 0 Å². The quantitative estimate of drug-likeness (QED) is 0.866. The minimum Gasteiger partial charge on any atom is -0.348 e. The fourth-order valence-corrected chi connectivity index (χ4v) is 2.65. The van der Waals surface area contributed by atoms with Crippen molar-refractivity contribution >= 4 is 23.4 Å². The number of likely N-dealkylation sites (tertiary alicyclic amines) is 1. The van der Waals surface area contributed by atoms with Gasteiger partial charge in [0, 0.05) is 25.2 Å². The largest absolute Gasteiger partial charge is 0.348 e. The molecule has 2 amide bonds. The third-order valence-corrected chi connectivity index (χ3v) is 4.13. The van der Waals surface area contributed by atoms with Gasteiger partial charge in [0.15, 0.2) is 0 Å².